The molecule has 100 valence electrons. The van der Waals surface area contributed by atoms with Crippen LogP contribution in [0.2, 0.25) is 0 Å². The molecule has 0 N–H and O–H groups in total. The normalized spacial score (nSPS) is 10.7. The largest absolute Gasteiger partial charge is 0.469 e. The number of nitrogens with zero attached hydrogens (tertiary/aromatic N) is 1. The molecule has 3 nitrogen and oxygen atoms in total. The number of carbonyl (C=O) groups excluding carboxylic acids is 1. The summed E-state index contributed by atoms with van der Waals surface area (Å²) in [5.74, 6) is -0.144. The number of hydrogen-bond donors (Lipinski definition) is 0. The van der Waals surface area contributed by atoms with Gasteiger partial charge in [-0.25, -0.2) is 0 Å². The van der Waals surface area contributed by atoms with E-state index in [0.29, 0.717) is 6.42 Å². The molecule has 18 heavy (non-hydrogen) atoms. The highest BCUT2D eigenvalue weighted by Gasteiger charge is 2.07. The number of ether oxygens (including phenoxy) is 1. The van der Waals surface area contributed by atoms with E-state index in [0.717, 1.165) is 26.1 Å². The van der Waals surface area contributed by atoms with Crippen LogP contribution in [0.5, 0.6) is 0 Å². The average molecular weight is 249 g/mol. The van der Waals surface area contributed by atoms with Gasteiger partial charge in [-0.2, -0.15) is 0 Å². The Morgan fingerprint density at radius 1 is 1.17 bits per heavy atom. The van der Waals surface area contributed by atoms with E-state index < -0.39 is 0 Å². The number of benzene rings is 1. The lowest BCUT2D eigenvalue weighted by Crippen LogP contribution is -2.26. The fourth-order valence-electron chi connectivity index (χ4n) is 1.84. The van der Waals surface area contributed by atoms with E-state index in [9.17, 15) is 4.79 Å². The molecule has 0 spiro atoms. The van der Waals surface area contributed by atoms with Crippen LogP contribution in [0.3, 0.4) is 0 Å². The first-order valence-electron chi connectivity index (χ1n) is 6.56. The lowest BCUT2D eigenvalue weighted by Gasteiger charge is -2.19. The molecule has 0 atom stereocenters. The van der Waals surface area contributed by atoms with Crippen LogP contribution in [0.1, 0.15) is 31.4 Å². The Morgan fingerprint density at radius 2 is 1.78 bits per heavy atom. The van der Waals surface area contributed by atoms with E-state index >= 15 is 0 Å². The maximum Gasteiger partial charge on any atom is 0.306 e. The lowest BCUT2D eigenvalue weighted by atomic mass is 10.1. The van der Waals surface area contributed by atoms with Gasteiger partial charge in [-0.05, 0) is 24.1 Å². The molecule has 0 unspecified atom stereocenters. The molecule has 0 aliphatic carbocycles. The van der Waals surface area contributed by atoms with Crippen LogP contribution in [0, 0.1) is 0 Å². The third-order valence-electron chi connectivity index (χ3n) is 3.14. The van der Waals surface area contributed by atoms with Crippen LogP contribution < -0.4 is 0 Å². The summed E-state index contributed by atoms with van der Waals surface area (Å²) in [4.78, 5) is 13.4. The molecule has 3 heteroatoms. The molecule has 0 saturated carbocycles. The van der Waals surface area contributed by atoms with Crippen molar-refractivity contribution in [3.05, 3.63) is 35.4 Å². The van der Waals surface area contributed by atoms with Crippen LogP contribution in [0.15, 0.2) is 24.3 Å². The van der Waals surface area contributed by atoms with Crippen LogP contribution in [0.25, 0.3) is 0 Å². The van der Waals surface area contributed by atoms with Crippen molar-refractivity contribution in [2.24, 2.45) is 0 Å². The summed E-state index contributed by atoms with van der Waals surface area (Å²) in [6.45, 7) is 6.84. The predicted octanol–water partition coefficient (Wildman–Crippen LogP) is 2.63. The molecule has 1 aromatic carbocycles. The Kier molecular flexibility index (Phi) is 6.44. The van der Waals surface area contributed by atoms with Gasteiger partial charge in [0.05, 0.1) is 13.5 Å². The maximum atomic E-state index is 11.1. The van der Waals surface area contributed by atoms with E-state index in [1.165, 1.54) is 18.2 Å². The van der Waals surface area contributed by atoms with Gasteiger partial charge < -0.3 is 4.74 Å². The molecule has 0 radical (unpaired) electrons. The van der Waals surface area contributed by atoms with Gasteiger partial charge in [-0.1, -0.05) is 38.1 Å². The van der Waals surface area contributed by atoms with Crippen LogP contribution >= 0.6 is 0 Å². The van der Waals surface area contributed by atoms with Crippen molar-refractivity contribution >= 4 is 5.97 Å². The topological polar surface area (TPSA) is 29.5 Å². The monoisotopic (exact) mass is 249 g/mol. The Bertz CT molecular complexity index is 359. The first kappa shape index (κ1) is 14.7. The Hall–Kier alpha value is -1.35. The van der Waals surface area contributed by atoms with Gasteiger partial charge >= 0.3 is 5.97 Å². The van der Waals surface area contributed by atoms with Crippen LogP contribution in [-0.4, -0.2) is 31.1 Å². The second-order valence-electron chi connectivity index (χ2n) is 4.36. The molecule has 0 aromatic heterocycles. The van der Waals surface area contributed by atoms with Gasteiger partial charge in [-0.3, -0.25) is 9.69 Å². The molecule has 0 saturated heterocycles. The number of methoxy groups -OCH3 is 1. The molecule has 0 amide bonds. The van der Waals surface area contributed by atoms with Gasteiger partial charge in [0.1, 0.15) is 0 Å². The van der Waals surface area contributed by atoms with E-state index in [1.54, 1.807) is 0 Å². The minimum absolute atomic E-state index is 0.144. The number of rotatable bonds is 7. The Balaban J connectivity index is 2.48. The van der Waals surface area contributed by atoms with Gasteiger partial charge in [0.2, 0.25) is 0 Å². The van der Waals surface area contributed by atoms with E-state index in [1.807, 2.05) is 0 Å². The summed E-state index contributed by atoms with van der Waals surface area (Å²) in [6.07, 6.45) is 1.53. The summed E-state index contributed by atoms with van der Waals surface area (Å²) >= 11 is 0. The van der Waals surface area contributed by atoms with E-state index in [4.69, 9.17) is 0 Å². The minimum atomic E-state index is -0.144. The molecule has 0 aliphatic rings. The second-order valence-corrected chi connectivity index (χ2v) is 4.36. The highest BCUT2D eigenvalue weighted by molar-refractivity contribution is 5.69. The summed E-state index contributed by atoms with van der Waals surface area (Å²) < 4.78 is 4.66. The summed E-state index contributed by atoms with van der Waals surface area (Å²) in [5, 5.41) is 0. The van der Waals surface area contributed by atoms with Crippen molar-refractivity contribution in [1.29, 1.82) is 0 Å². The summed E-state index contributed by atoms with van der Waals surface area (Å²) in [5.41, 5.74) is 2.65. The third-order valence-corrected chi connectivity index (χ3v) is 3.14. The molecule has 0 heterocycles. The molecular formula is C15H23NO2. The zero-order valence-electron chi connectivity index (χ0n) is 11.6. The quantitative estimate of drug-likeness (QED) is 0.696. The van der Waals surface area contributed by atoms with Gasteiger partial charge in [0.25, 0.3) is 0 Å². The van der Waals surface area contributed by atoms with Gasteiger partial charge in [0.15, 0.2) is 0 Å². The third kappa shape index (κ3) is 4.88. The van der Waals surface area contributed by atoms with Crippen molar-refractivity contribution in [2.75, 3.05) is 20.2 Å². The average Bonchev–Trinajstić information content (AvgIpc) is 2.43. The van der Waals surface area contributed by atoms with Crippen LogP contribution in [0.4, 0.5) is 0 Å². The second kappa shape index (κ2) is 7.88. The molecule has 1 rings (SSSR count). The smallest absolute Gasteiger partial charge is 0.306 e. The van der Waals surface area contributed by atoms with Crippen LogP contribution in [-0.2, 0) is 22.5 Å². The standard InChI is InChI=1S/C15H23NO2/c1-4-13-6-8-14(9-7-13)12-16(5-2)11-10-15(17)18-3/h6-9H,4-5,10-12H2,1-3H3. The Labute approximate surface area is 110 Å². The number of esters is 1. The zero-order chi connectivity index (χ0) is 13.4. The lowest BCUT2D eigenvalue weighted by molar-refractivity contribution is -0.141. The fraction of sp³-hybridized carbons (Fsp3) is 0.533. The van der Waals surface area contributed by atoms with Crippen molar-refractivity contribution < 1.29 is 9.53 Å². The molecule has 0 aliphatic heterocycles. The van der Waals surface area contributed by atoms with E-state index in [-0.39, 0.29) is 5.97 Å². The number of carbonyl (C=O) groups is 1. The summed E-state index contributed by atoms with van der Waals surface area (Å²) in [7, 11) is 1.43. The number of aryl methyl sites for hydroxylation is 1. The van der Waals surface area contributed by atoms with Crippen molar-refractivity contribution in [2.45, 2.75) is 33.2 Å². The van der Waals surface area contributed by atoms with Gasteiger partial charge in [-0.15, -0.1) is 0 Å². The molecule has 0 fully saturated rings. The zero-order valence-corrected chi connectivity index (χ0v) is 11.6. The fourth-order valence-corrected chi connectivity index (χ4v) is 1.84. The molecular weight excluding hydrogens is 226 g/mol. The van der Waals surface area contributed by atoms with Gasteiger partial charge in [0, 0.05) is 13.1 Å². The minimum Gasteiger partial charge on any atom is -0.469 e. The first-order valence-corrected chi connectivity index (χ1v) is 6.56. The first-order chi connectivity index (χ1) is 8.69. The Morgan fingerprint density at radius 3 is 2.28 bits per heavy atom. The van der Waals surface area contributed by atoms with Crippen molar-refractivity contribution in [1.82, 2.24) is 4.90 Å². The molecule has 0 bridgehead atoms. The number of hydrogen-bond acceptors (Lipinski definition) is 3. The summed E-state index contributed by atoms with van der Waals surface area (Å²) in [6, 6.07) is 8.67. The predicted molar refractivity (Wildman–Crippen MR) is 73.4 cm³/mol. The maximum absolute atomic E-state index is 11.1. The molecule has 1 aromatic rings. The van der Waals surface area contributed by atoms with Crippen molar-refractivity contribution in [3.63, 3.8) is 0 Å². The van der Waals surface area contributed by atoms with Crippen molar-refractivity contribution in [3.8, 4) is 0 Å². The highest BCUT2D eigenvalue weighted by atomic mass is 16.5. The van der Waals surface area contributed by atoms with E-state index in [2.05, 4.69) is 47.7 Å². The SMILES string of the molecule is CCc1ccc(CN(CC)CCC(=O)OC)cc1. The highest BCUT2D eigenvalue weighted by Crippen LogP contribution is 2.08.